The molecule has 0 N–H and O–H groups in total. The number of unbranched alkanes of at least 4 members (excludes halogenated alkanes) is 1. The highest BCUT2D eigenvalue weighted by Gasteiger charge is 2.39. The van der Waals surface area contributed by atoms with Crippen molar-refractivity contribution in [1.29, 1.82) is 0 Å². The van der Waals surface area contributed by atoms with Crippen LogP contribution in [0.25, 0.3) is 0 Å². The van der Waals surface area contributed by atoms with E-state index in [0.717, 1.165) is 0 Å². The normalized spacial score (nSPS) is 12.6. The fraction of sp³-hybridized carbons (Fsp3) is 0.455. The summed E-state index contributed by atoms with van der Waals surface area (Å²) in [5.74, 6) is 0. The predicted molar refractivity (Wildman–Crippen MR) is 114 cm³/mol. The van der Waals surface area contributed by atoms with Crippen LogP contribution < -0.4 is 10.4 Å². The fourth-order valence-corrected chi connectivity index (χ4v) is 13.2. The Morgan fingerprint density at radius 2 is 1.29 bits per heavy atom. The van der Waals surface area contributed by atoms with E-state index in [1.807, 2.05) is 0 Å². The van der Waals surface area contributed by atoms with Crippen molar-refractivity contribution in [2.45, 2.75) is 63.8 Å². The standard InChI is InChI=1S/C22H33Si2/c1-6-7-18-24(4,5)19-22(2,3)23(20-14-10-8-11-15-20)21-16-12-9-13-17-21/h8-17H,6-7,18-19H2,1-5H3. The molecular formula is C22H33Si2. The van der Waals surface area contributed by atoms with Gasteiger partial charge >= 0.3 is 0 Å². The third kappa shape index (κ3) is 5.19. The summed E-state index contributed by atoms with van der Waals surface area (Å²) >= 11 is 0. The molecule has 0 unspecified atom stereocenters. The summed E-state index contributed by atoms with van der Waals surface area (Å²) in [6.07, 6.45) is 2.72. The Morgan fingerprint density at radius 3 is 1.71 bits per heavy atom. The lowest BCUT2D eigenvalue weighted by atomic mass is 10.2. The first-order chi connectivity index (χ1) is 11.4. The molecule has 2 aromatic rings. The minimum Gasteiger partial charge on any atom is -0.0693 e. The predicted octanol–water partition coefficient (Wildman–Crippen LogP) is 5.58. The van der Waals surface area contributed by atoms with Gasteiger partial charge in [0.1, 0.15) is 8.80 Å². The highest BCUT2D eigenvalue weighted by Crippen LogP contribution is 2.40. The molecule has 0 heterocycles. The van der Waals surface area contributed by atoms with Gasteiger partial charge < -0.3 is 0 Å². The molecule has 2 rings (SSSR count). The second kappa shape index (κ2) is 8.31. The second-order valence-electron chi connectivity index (χ2n) is 8.44. The number of benzene rings is 2. The molecule has 0 aliphatic carbocycles. The Labute approximate surface area is 151 Å². The second-order valence-corrected chi connectivity index (χ2v) is 16.9. The van der Waals surface area contributed by atoms with Crippen LogP contribution >= 0.6 is 0 Å². The van der Waals surface area contributed by atoms with E-state index in [1.165, 1.54) is 24.9 Å². The van der Waals surface area contributed by atoms with Crippen molar-refractivity contribution in [2.24, 2.45) is 0 Å². The maximum Gasteiger partial charge on any atom is 0.126 e. The van der Waals surface area contributed by atoms with Crippen LogP contribution in [0.4, 0.5) is 0 Å². The van der Waals surface area contributed by atoms with Crippen molar-refractivity contribution in [2.75, 3.05) is 0 Å². The van der Waals surface area contributed by atoms with Crippen LogP contribution in [0.3, 0.4) is 0 Å². The van der Waals surface area contributed by atoms with Gasteiger partial charge in [0, 0.05) is 8.07 Å². The van der Waals surface area contributed by atoms with E-state index in [1.54, 1.807) is 10.4 Å². The van der Waals surface area contributed by atoms with Gasteiger partial charge in [-0.15, -0.1) is 0 Å². The van der Waals surface area contributed by atoms with Gasteiger partial charge in [-0.05, 0) is 5.04 Å². The first-order valence-corrected chi connectivity index (χ1v) is 14.3. The summed E-state index contributed by atoms with van der Waals surface area (Å²) in [6.45, 7) is 12.6. The summed E-state index contributed by atoms with van der Waals surface area (Å²) in [5, 5.41) is 3.48. The van der Waals surface area contributed by atoms with Crippen molar-refractivity contribution >= 4 is 27.2 Å². The zero-order valence-corrected chi connectivity index (χ0v) is 18.1. The van der Waals surface area contributed by atoms with Crippen LogP contribution in [0.5, 0.6) is 0 Å². The molecule has 2 aromatic carbocycles. The Balaban J connectivity index is 2.35. The number of hydrogen-bond acceptors (Lipinski definition) is 0. The van der Waals surface area contributed by atoms with Crippen LogP contribution in [0, 0.1) is 0 Å². The highest BCUT2D eigenvalue weighted by molar-refractivity contribution is 6.89. The molecule has 1 radical (unpaired) electrons. The van der Waals surface area contributed by atoms with Gasteiger partial charge in [0.15, 0.2) is 0 Å². The van der Waals surface area contributed by atoms with Gasteiger partial charge in [-0.2, -0.15) is 0 Å². The minimum absolute atomic E-state index is 0.372. The average molecular weight is 354 g/mol. The lowest BCUT2D eigenvalue weighted by Gasteiger charge is -2.39. The molecule has 0 saturated carbocycles. The molecule has 2 heteroatoms. The van der Waals surface area contributed by atoms with Crippen molar-refractivity contribution in [3.8, 4) is 0 Å². The van der Waals surface area contributed by atoms with Crippen molar-refractivity contribution < 1.29 is 0 Å². The maximum absolute atomic E-state index is 2.60. The van der Waals surface area contributed by atoms with E-state index >= 15 is 0 Å². The Bertz CT molecular complexity index is 563. The van der Waals surface area contributed by atoms with Gasteiger partial charge in [-0.3, -0.25) is 0 Å². The van der Waals surface area contributed by atoms with Crippen molar-refractivity contribution in [3.63, 3.8) is 0 Å². The van der Waals surface area contributed by atoms with E-state index in [2.05, 4.69) is 94.5 Å². The molecule has 0 nitrogen and oxygen atoms in total. The molecule has 0 atom stereocenters. The quantitative estimate of drug-likeness (QED) is 0.543. The van der Waals surface area contributed by atoms with Gasteiger partial charge in [0.25, 0.3) is 0 Å². The molecule has 0 amide bonds. The van der Waals surface area contributed by atoms with Crippen LogP contribution in [0.2, 0.25) is 30.2 Å². The zero-order chi connectivity index (χ0) is 17.6. The van der Waals surface area contributed by atoms with E-state index in [0.29, 0.717) is 5.04 Å². The largest absolute Gasteiger partial charge is 0.126 e. The summed E-state index contributed by atoms with van der Waals surface area (Å²) in [4.78, 5) is 0. The molecule has 0 bridgehead atoms. The monoisotopic (exact) mass is 353 g/mol. The summed E-state index contributed by atoms with van der Waals surface area (Å²) in [5.41, 5.74) is 0. The van der Waals surface area contributed by atoms with Crippen molar-refractivity contribution in [1.82, 2.24) is 0 Å². The van der Waals surface area contributed by atoms with Gasteiger partial charge in [0.2, 0.25) is 0 Å². The fourth-order valence-electron chi connectivity index (χ4n) is 4.19. The molecule has 129 valence electrons. The van der Waals surface area contributed by atoms with E-state index in [-0.39, 0.29) is 0 Å². The topological polar surface area (TPSA) is 0 Å². The molecule has 0 spiro atoms. The molecule has 24 heavy (non-hydrogen) atoms. The van der Waals surface area contributed by atoms with Crippen LogP contribution in [-0.2, 0) is 0 Å². The lowest BCUT2D eigenvalue weighted by Crippen LogP contribution is -2.52. The Hall–Kier alpha value is -1.13. The van der Waals surface area contributed by atoms with Crippen LogP contribution in [-0.4, -0.2) is 16.9 Å². The summed E-state index contributed by atoms with van der Waals surface area (Å²) < 4.78 is 0. The molecule has 0 aliphatic rings. The SMILES string of the molecule is CCCC[Si](C)(C)CC(C)(C)[Si](c1ccccc1)c1ccccc1. The zero-order valence-electron chi connectivity index (χ0n) is 16.1. The minimum atomic E-state index is -1.16. The third-order valence-electron chi connectivity index (χ3n) is 4.93. The first kappa shape index (κ1) is 19.2. The number of rotatable bonds is 8. The maximum atomic E-state index is 2.60. The van der Waals surface area contributed by atoms with Crippen molar-refractivity contribution in [3.05, 3.63) is 60.7 Å². The highest BCUT2D eigenvalue weighted by atomic mass is 28.3. The molecule has 0 fully saturated rings. The average Bonchev–Trinajstić information content (AvgIpc) is 2.54. The van der Waals surface area contributed by atoms with Gasteiger partial charge in [-0.25, -0.2) is 0 Å². The number of hydrogen-bond donors (Lipinski definition) is 0. The summed E-state index contributed by atoms with van der Waals surface area (Å²) in [6, 6.07) is 25.4. The van der Waals surface area contributed by atoms with Crippen LogP contribution in [0.1, 0.15) is 33.6 Å². The lowest BCUT2D eigenvalue weighted by molar-refractivity contribution is 0.725. The Morgan fingerprint density at radius 1 is 0.833 bits per heavy atom. The van der Waals surface area contributed by atoms with E-state index in [9.17, 15) is 0 Å². The van der Waals surface area contributed by atoms with E-state index in [4.69, 9.17) is 0 Å². The Kier molecular flexibility index (Phi) is 6.65. The molecule has 0 aliphatic heterocycles. The first-order valence-electron chi connectivity index (χ1n) is 9.34. The molecular weight excluding hydrogens is 320 g/mol. The smallest absolute Gasteiger partial charge is 0.0693 e. The third-order valence-corrected chi connectivity index (χ3v) is 12.2. The molecule has 0 saturated heterocycles. The summed E-state index contributed by atoms with van der Waals surface area (Å²) in [7, 11) is -1.96. The van der Waals surface area contributed by atoms with E-state index < -0.39 is 16.9 Å². The molecule has 0 aromatic heterocycles. The van der Waals surface area contributed by atoms with Gasteiger partial charge in [-0.1, -0.05) is 130 Å². The van der Waals surface area contributed by atoms with Gasteiger partial charge in [0.05, 0.1) is 0 Å². The van der Waals surface area contributed by atoms with Crippen LogP contribution in [0.15, 0.2) is 60.7 Å².